The molecule has 0 fully saturated rings. The van der Waals surface area contributed by atoms with Crippen molar-refractivity contribution < 1.29 is 19.1 Å². The Morgan fingerprint density at radius 3 is 2.74 bits per heavy atom. The molecule has 10 heteroatoms. The molecule has 1 heterocycles. The maximum absolute atomic E-state index is 12.2. The standard InChI is InChI=1S/C21H19N5O4S/c22-10-12-31-17-8-4-3-7-16(17)24-18(27)13-30-19(28)9-11-23-21(29)20-14-5-1-2-6-15(14)25-26-20/h1-8H,9,11-13H2,(H,23,29)(H,24,27)(H,25,26). The smallest absolute Gasteiger partial charge is 0.308 e. The molecule has 2 amide bonds. The number of anilines is 1. The van der Waals surface area contributed by atoms with Gasteiger partial charge in [-0.25, -0.2) is 0 Å². The molecule has 0 saturated carbocycles. The van der Waals surface area contributed by atoms with E-state index in [1.165, 1.54) is 11.8 Å². The van der Waals surface area contributed by atoms with E-state index in [4.69, 9.17) is 10.00 Å². The third kappa shape index (κ3) is 6.07. The molecular formula is C21H19N5O4S. The Bertz CT molecular complexity index is 1140. The second kappa shape index (κ2) is 10.8. The molecule has 0 aliphatic rings. The van der Waals surface area contributed by atoms with Crippen LogP contribution in [0.4, 0.5) is 5.69 Å². The van der Waals surface area contributed by atoms with Gasteiger partial charge in [0.1, 0.15) is 0 Å². The fraction of sp³-hybridized carbons (Fsp3) is 0.190. The fourth-order valence-electron chi connectivity index (χ4n) is 2.71. The van der Waals surface area contributed by atoms with Crippen LogP contribution in [0, 0.1) is 11.3 Å². The van der Waals surface area contributed by atoms with Crippen molar-refractivity contribution in [2.24, 2.45) is 0 Å². The van der Waals surface area contributed by atoms with Gasteiger partial charge in [0, 0.05) is 16.8 Å². The second-order valence-electron chi connectivity index (χ2n) is 6.28. The summed E-state index contributed by atoms with van der Waals surface area (Å²) in [5.41, 5.74) is 1.53. The molecule has 3 aromatic rings. The first-order chi connectivity index (χ1) is 15.1. The Labute approximate surface area is 182 Å². The zero-order valence-corrected chi connectivity index (χ0v) is 17.2. The minimum absolute atomic E-state index is 0.0497. The van der Waals surface area contributed by atoms with E-state index in [0.29, 0.717) is 11.1 Å². The summed E-state index contributed by atoms with van der Waals surface area (Å²) in [6.07, 6.45) is -0.0873. The Kier molecular flexibility index (Phi) is 7.61. The highest BCUT2D eigenvalue weighted by Crippen LogP contribution is 2.26. The molecule has 0 spiro atoms. The number of carbonyl (C=O) groups excluding carboxylic acids is 3. The van der Waals surface area contributed by atoms with E-state index in [1.54, 1.807) is 36.4 Å². The lowest BCUT2D eigenvalue weighted by Gasteiger charge is -2.10. The second-order valence-corrected chi connectivity index (χ2v) is 7.29. The molecule has 3 rings (SSSR count). The number of aromatic nitrogens is 2. The topological polar surface area (TPSA) is 137 Å². The van der Waals surface area contributed by atoms with Gasteiger partial charge in [-0.05, 0) is 18.2 Å². The highest BCUT2D eigenvalue weighted by atomic mass is 32.2. The van der Waals surface area contributed by atoms with Crippen LogP contribution in [-0.4, -0.2) is 46.9 Å². The Morgan fingerprint density at radius 2 is 1.90 bits per heavy atom. The van der Waals surface area contributed by atoms with Crippen LogP contribution in [0.2, 0.25) is 0 Å². The van der Waals surface area contributed by atoms with Gasteiger partial charge in [0.2, 0.25) is 0 Å². The van der Waals surface area contributed by atoms with E-state index < -0.39 is 24.4 Å². The molecule has 158 valence electrons. The number of ether oxygens (including phenoxy) is 1. The fourth-order valence-corrected chi connectivity index (χ4v) is 3.38. The minimum Gasteiger partial charge on any atom is -0.456 e. The molecular weight excluding hydrogens is 418 g/mol. The van der Waals surface area contributed by atoms with Crippen LogP contribution in [0.3, 0.4) is 0 Å². The molecule has 0 aliphatic carbocycles. The highest BCUT2D eigenvalue weighted by Gasteiger charge is 2.15. The van der Waals surface area contributed by atoms with Gasteiger partial charge >= 0.3 is 5.97 Å². The first-order valence-electron chi connectivity index (χ1n) is 9.34. The van der Waals surface area contributed by atoms with Crippen molar-refractivity contribution in [3.8, 4) is 6.07 Å². The zero-order valence-electron chi connectivity index (χ0n) is 16.4. The molecule has 1 aromatic heterocycles. The van der Waals surface area contributed by atoms with Crippen molar-refractivity contribution in [2.45, 2.75) is 11.3 Å². The van der Waals surface area contributed by atoms with Crippen molar-refractivity contribution in [1.82, 2.24) is 15.5 Å². The Hall–Kier alpha value is -3.84. The lowest BCUT2D eigenvalue weighted by molar-refractivity contribution is -0.147. The van der Waals surface area contributed by atoms with Crippen LogP contribution in [0.15, 0.2) is 53.4 Å². The number of hydrogen-bond donors (Lipinski definition) is 3. The van der Waals surface area contributed by atoms with Crippen LogP contribution in [0.25, 0.3) is 10.9 Å². The summed E-state index contributed by atoms with van der Waals surface area (Å²) in [6, 6.07) is 16.3. The lowest BCUT2D eigenvalue weighted by Crippen LogP contribution is -2.28. The van der Waals surface area contributed by atoms with E-state index in [2.05, 4.69) is 20.8 Å². The molecule has 0 atom stereocenters. The highest BCUT2D eigenvalue weighted by molar-refractivity contribution is 7.99. The van der Waals surface area contributed by atoms with Gasteiger partial charge in [-0.3, -0.25) is 19.5 Å². The number of nitriles is 1. The van der Waals surface area contributed by atoms with Gasteiger partial charge in [-0.15, -0.1) is 11.8 Å². The maximum atomic E-state index is 12.2. The summed E-state index contributed by atoms with van der Waals surface area (Å²) < 4.78 is 4.96. The number of hydrogen-bond acceptors (Lipinski definition) is 7. The number of benzene rings is 2. The van der Waals surface area contributed by atoms with E-state index in [1.807, 2.05) is 18.2 Å². The molecule has 0 unspecified atom stereocenters. The number of H-pyrrole nitrogens is 1. The molecule has 2 aromatic carbocycles. The number of esters is 1. The van der Waals surface area contributed by atoms with Crippen molar-refractivity contribution >= 4 is 46.1 Å². The molecule has 3 N–H and O–H groups in total. The van der Waals surface area contributed by atoms with Crippen LogP contribution >= 0.6 is 11.8 Å². The average Bonchev–Trinajstić information content (AvgIpc) is 3.21. The number of fused-ring (bicyclic) bond motifs is 1. The third-order valence-electron chi connectivity index (χ3n) is 4.12. The van der Waals surface area contributed by atoms with Gasteiger partial charge in [0.05, 0.1) is 29.4 Å². The summed E-state index contributed by atoms with van der Waals surface area (Å²) in [5, 5.41) is 21.4. The number of thioether (sulfide) groups is 1. The van der Waals surface area contributed by atoms with Crippen LogP contribution in [-0.2, 0) is 14.3 Å². The van der Waals surface area contributed by atoms with E-state index in [9.17, 15) is 14.4 Å². The molecule has 0 aliphatic heterocycles. The molecule has 31 heavy (non-hydrogen) atoms. The normalized spacial score (nSPS) is 10.3. The number of aromatic amines is 1. The Morgan fingerprint density at radius 1 is 1.13 bits per heavy atom. The monoisotopic (exact) mass is 437 g/mol. The maximum Gasteiger partial charge on any atom is 0.308 e. The third-order valence-corrected chi connectivity index (χ3v) is 5.06. The first kappa shape index (κ1) is 21.9. The average molecular weight is 437 g/mol. The van der Waals surface area contributed by atoms with Gasteiger partial charge < -0.3 is 15.4 Å². The number of rotatable bonds is 9. The molecule has 0 bridgehead atoms. The summed E-state index contributed by atoms with van der Waals surface area (Å²) in [6.45, 7) is -0.401. The predicted octanol–water partition coefficient (Wildman–Crippen LogP) is 2.48. The lowest BCUT2D eigenvalue weighted by atomic mass is 10.2. The number of nitrogens with one attached hydrogen (secondary N) is 3. The van der Waals surface area contributed by atoms with Crippen molar-refractivity contribution in [3.63, 3.8) is 0 Å². The molecule has 9 nitrogen and oxygen atoms in total. The summed E-state index contributed by atoms with van der Waals surface area (Å²) in [7, 11) is 0. The number of nitrogens with zero attached hydrogens (tertiary/aromatic N) is 2. The summed E-state index contributed by atoms with van der Waals surface area (Å²) in [4.78, 5) is 36.9. The van der Waals surface area contributed by atoms with Crippen molar-refractivity contribution in [2.75, 3.05) is 24.2 Å². The number of para-hydroxylation sites is 2. The summed E-state index contributed by atoms with van der Waals surface area (Å²) >= 11 is 1.30. The minimum atomic E-state index is -0.616. The Balaban J connectivity index is 1.41. The van der Waals surface area contributed by atoms with Crippen molar-refractivity contribution in [3.05, 3.63) is 54.2 Å². The molecule has 0 saturated heterocycles. The van der Waals surface area contributed by atoms with Gasteiger partial charge in [-0.1, -0.05) is 30.3 Å². The zero-order chi connectivity index (χ0) is 22.1. The molecule has 0 radical (unpaired) electrons. The van der Waals surface area contributed by atoms with Gasteiger partial charge in [0.25, 0.3) is 11.8 Å². The number of carbonyl (C=O) groups is 3. The van der Waals surface area contributed by atoms with E-state index >= 15 is 0 Å². The SMILES string of the molecule is N#CCSc1ccccc1NC(=O)COC(=O)CCNC(=O)c1n[nH]c2ccccc12. The van der Waals surface area contributed by atoms with Crippen LogP contribution in [0.5, 0.6) is 0 Å². The predicted molar refractivity (Wildman–Crippen MR) is 115 cm³/mol. The van der Waals surface area contributed by atoms with E-state index in [-0.39, 0.29) is 24.4 Å². The van der Waals surface area contributed by atoms with Crippen LogP contribution < -0.4 is 10.6 Å². The first-order valence-corrected chi connectivity index (χ1v) is 10.3. The van der Waals surface area contributed by atoms with Gasteiger partial charge in [0.15, 0.2) is 12.3 Å². The quantitative estimate of drug-likeness (QED) is 0.345. The van der Waals surface area contributed by atoms with E-state index in [0.717, 1.165) is 10.4 Å². The van der Waals surface area contributed by atoms with Gasteiger partial charge in [-0.2, -0.15) is 10.4 Å². The summed E-state index contributed by atoms with van der Waals surface area (Å²) in [5.74, 6) is -1.27. The largest absolute Gasteiger partial charge is 0.456 e. The number of amides is 2. The van der Waals surface area contributed by atoms with Crippen LogP contribution in [0.1, 0.15) is 16.9 Å². The van der Waals surface area contributed by atoms with Crippen molar-refractivity contribution in [1.29, 1.82) is 5.26 Å².